The van der Waals surface area contributed by atoms with E-state index in [2.05, 4.69) is 56.8 Å². The Morgan fingerprint density at radius 3 is 2.70 bits per heavy atom. The van der Waals surface area contributed by atoms with Crippen molar-refractivity contribution in [1.82, 2.24) is 30.0 Å². The van der Waals surface area contributed by atoms with E-state index >= 15 is 0 Å². The summed E-state index contributed by atoms with van der Waals surface area (Å²) in [6.07, 6.45) is 9.08. The summed E-state index contributed by atoms with van der Waals surface area (Å²) in [7, 11) is 0. The molecule has 1 amide bonds. The van der Waals surface area contributed by atoms with Gasteiger partial charge in [0.2, 0.25) is 0 Å². The monoisotopic (exact) mass is 420 g/mol. The first kappa shape index (κ1) is 19.1. The number of tetrazole rings is 1. The number of rotatable bonds is 5. The molecular weight excluding hydrogens is 396 g/mol. The maximum Gasteiger partial charge on any atom is 0.257 e. The molecule has 1 fully saturated rings. The van der Waals surface area contributed by atoms with Crippen LogP contribution in [0.3, 0.4) is 0 Å². The van der Waals surface area contributed by atoms with Gasteiger partial charge in [-0.15, -0.1) is 16.4 Å². The molecule has 2 aromatic heterocycles. The minimum Gasteiger partial charge on any atom is -0.336 e. The average Bonchev–Trinajstić information content (AvgIpc) is 3.52. The molecule has 0 saturated carbocycles. The fraction of sp³-hybridized carbons (Fsp3) is 0.364. The SMILES string of the molecule is O=C(c1c(-n2cnnn2)sc2c1CCC2)N1CCN(CC=Cc2ccccc2)CC1. The van der Waals surface area contributed by atoms with Crippen molar-refractivity contribution in [3.05, 3.63) is 64.3 Å². The maximum atomic E-state index is 13.5. The zero-order valence-electron chi connectivity index (χ0n) is 16.8. The Hall–Kier alpha value is -2.84. The molecule has 3 aromatic rings. The molecule has 154 valence electrons. The zero-order valence-corrected chi connectivity index (χ0v) is 17.6. The topological polar surface area (TPSA) is 67.2 Å². The minimum atomic E-state index is 0.124. The van der Waals surface area contributed by atoms with Gasteiger partial charge in [0.1, 0.15) is 11.3 Å². The van der Waals surface area contributed by atoms with Crippen LogP contribution in [0.5, 0.6) is 0 Å². The second kappa shape index (κ2) is 8.49. The predicted molar refractivity (Wildman–Crippen MR) is 117 cm³/mol. The zero-order chi connectivity index (χ0) is 20.3. The first-order valence-corrected chi connectivity index (χ1v) is 11.2. The molecule has 0 radical (unpaired) electrons. The second-order valence-electron chi connectivity index (χ2n) is 7.70. The summed E-state index contributed by atoms with van der Waals surface area (Å²) in [6, 6.07) is 10.3. The third-order valence-corrected chi connectivity index (χ3v) is 7.09. The predicted octanol–water partition coefficient (Wildman–Crippen LogP) is 2.68. The molecule has 0 spiro atoms. The van der Waals surface area contributed by atoms with Crippen LogP contribution in [-0.4, -0.2) is 68.6 Å². The quantitative estimate of drug-likeness (QED) is 0.635. The number of fused-ring (bicyclic) bond motifs is 1. The number of aromatic nitrogens is 4. The van der Waals surface area contributed by atoms with Gasteiger partial charge in [-0.1, -0.05) is 42.5 Å². The van der Waals surface area contributed by atoms with Crippen LogP contribution >= 0.6 is 11.3 Å². The van der Waals surface area contributed by atoms with Crippen molar-refractivity contribution in [2.24, 2.45) is 0 Å². The van der Waals surface area contributed by atoms with Crippen LogP contribution in [-0.2, 0) is 12.8 Å². The molecule has 0 atom stereocenters. The lowest BCUT2D eigenvalue weighted by atomic mass is 10.1. The normalized spacial score (nSPS) is 17.0. The van der Waals surface area contributed by atoms with Crippen molar-refractivity contribution in [3.8, 4) is 5.00 Å². The van der Waals surface area contributed by atoms with Crippen molar-refractivity contribution < 1.29 is 4.79 Å². The van der Waals surface area contributed by atoms with Crippen LogP contribution in [0, 0.1) is 0 Å². The molecule has 1 aromatic carbocycles. The Balaban J connectivity index is 1.25. The third-order valence-electron chi connectivity index (χ3n) is 5.81. The first-order valence-electron chi connectivity index (χ1n) is 10.4. The van der Waals surface area contributed by atoms with E-state index in [4.69, 9.17) is 0 Å². The highest BCUT2D eigenvalue weighted by molar-refractivity contribution is 7.15. The number of aryl methyl sites for hydroxylation is 1. The van der Waals surface area contributed by atoms with E-state index < -0.39 is 0 Å². The molecule has 1 aliphatic heterocycles. The smallest absolute Gasteiger partial charge is 0.257 e. The van der Waals surface area contributed by atoms with Gasteiger partial charge in [0.25, 0.3) is 5.91 Å². The lowest BCUT2D eigenvalue weighted by molar-refractivity contribution is 0.0649. The number of amides is 1. The van der Waals surface area contributed by atoms with Crippen molar-refractivity contribution in [3.63, 3.8) is 0 Å². The van der Waals surface area contributed by atoms with Gasteiger partial charge in [0.15, 0.2) is 0 Å². The largest absolute Gasteiger partial charge is 0.336 e. The Bertz CT molecular complexity index is 1040. The van der Waals surface area contributed by atoms with Crippen molar-refractivity contribution in [2.45, 2.75) is 19.3 Å². The summed E-state index contributed by atoms with van der Waals surface area (Å²) in [5.74, 6) is 0.124. The summed E-state index contributed by atoms with van der Waals surface area (Å²) < 4.78 is 1.64. The summed E-state index contributed by atoms with van der Waals surface area (Å²) in [5.41, 5.74) is 3.24. The van der Waals surface area contributed by atoms with Crippen LogP contribution in [0.25, 0.3) is 11.1 Å². The van der Waals surface area contributed by atoms with Gasteiger partial charge in [0.05, 0.1) is 5.56 Å². The van der Waals surface area contributed by atoms with Crippen LogP contribution in [0.15, 0.2) is 42.7 Å². The molecule has 8 heteroatoms. The molecule has 1 aliphatic carbocycles. The molecule has 3 heterocycles. The summed E-state index contributed by atoms with van der Waals surface area (Å²) in [4.78, 5) is 19.2. The summed E-state index contributed by atoms with van der Waals surface area (Å²) >= 11 is 1.66. The standard InChI is InChI=1S/C22H24N6OS/c29-21(20-18-9-4-10-19(18)30-22(20)28-16-23-24-25-28)27-14-12-26(13-15-27)11-5-8-17-6-2-1-3-7-17/h1-3,5-8,16H,4,9-15H2. The Morgan fingerprint density at radius 2 is 1.93 bits per heavy atom. The van der Waals surface area contributed by atoms with Crippen LogP contribution < -0.4 is 0 Å². The van der Waals surface area contributed by atoms with Gasteiger partial charge < -0.3 is 4.90 Å². The molecule has 1 saturated heterocycles. The number of benzene rings is 1. The van der Waals surface area contributed by atoms with E-state index in [1.54, 1.807) is 22.3 Å². The maximum absolute atomic E-state index is 13.5. The molecule has 0 bridgehead atoms. The van der Waals surface area contributed by atoms with Crippen LogP contribution in [0.4, 0.5) is 0 Å². The highest BCUT2D eigenvalue weighted by Gasteiger charge is 2.31. The van der Waals surface area contributed by atoms with Gasteiger partial charge in [-0.2, -0.15) is 4.68 Å². The lowest BCUT2D eigenvalue weighted by Crippen LogP contribution is -2.48. The van der Waals surface area contributed by atoms with E-state index in [1.165, 1.54) is 16.0 Å². The third kappa shape index (κ3) is 3.80. The lowest BCUT2D eigenvalue weighted by Gasteiger charge is -2.34. The van der Waals surface area contributed by atoms with Gasteiger partial charge in [-0.3, -0.25) is 9.69 Å². The van der Waals surface area contributed by atoms with E-state index in [0.717, 1.165) is 62.6 Å². The number of carbonyl (C=O) groups is 1. The van der Waals surface area contributed by atoms with Gasteiger partial charge in [-0.25, -0.2) is 0 Å². The molecule has 7 nitrogen and oxygen atoms in total. The molecular formula is C22H24N6OS. The number of piperazine rings is 1. The molecule has 0 unspecified atom stereocenters. The van der Waals surface area contributed by atoms with Gasteiger partial charge >= 0.3 is 0 Å². The van der Waals surface area contributed by atoms with Gasteiger partial charge in [0, 0.05) is 37.6 Å². The van der Waals surface area contributed by atoms with E-state index in [-0.39, 0.29) is 5.91 Å². The number of hydrogen-bond acceptors (Lipinski definition) is 6. The Morgan fingerprint density at radius 1 is 1.10 bits per heavy atom. The summed E-state index contributed by atoms with van der Waals surface area (Å²) in [5, 5.41) is 12.4. The number of nitrogens with zero attached hydrogens (tertiary/aromatic N) is 6. The van der Waals surface area contributed by atoms with E-state index in [0.29, 0.717) is 0 Å². The molecule has 0 N–H and O–H groups in total. The summed E-state index contributed by atoms with van der Waals surface area (Å²) in [6.45, 7) is 4.17. The number of carbonyl (C=O) groups excluding carboxylic acids is 1. The Labute approximate surface area is 179 Å². The number of thiophene rings is 1. The first-order chi connectivity index (χ1) is 14.8. The highest BCUT2D eigenvalue weighted by Crippen LogP contribution is 2.38. The van der Waals surface area contributed by atoms with E-state index in [1.807, 2.05) is 11.0 Å². The fourth-order valence-electron chi connectivity index (χ4n) is 4.22. The molecule has 5 rings (SSSR count). The van der Waals surface area contributed by atoms with Crippen molar-refractivity contribution in [1.29, 1.82) is 0 Å². The van der Waals surface area contributed by atoms with Gasteiger partial charge in [-0.05, 0) is 40.8 Å². The van der Waals surface area contributed by atoms with Crippen LogP contribution in [0.1, 0.15) is 32.8 Å². The molecule has 2 aliphatic rings. The van der Waals surface area contributed by atoms with Crippen LogP contribution in [0.2, 0.25) is 0 Å². The van der Waals surface area contributed by atoms with Crippen molar-refractivity contribution >= 4 is 23.3 Å². The number of hydrogen-bond donors (Lipinski definition) is 0. The minimum absolute atomic E-state index is 0.124. The second-order valence-corrected chi connectivity index (χ2v) is 8.78. The average molecular weight is 421 g/mol. The highest BCUT2D eigenvalue weighted by atomic mass is 32.1. The van der Waals surface area contributed by atoms with Crippen molar-refractivity contribution in [2.75, 3.05) is 32.7 Å². The van der Waals surface area contributed by atoms with E-state index in [9.17, 15) is 4.79 Å². The fourth-order valence-corrected chi connectivity index (χ4v) is 5.52. The molecule has 30 heavy (non-hydrogen) atoms. The Kier molecular flexibility index (Phi) is 5.42.